The number of nitrogens with zero attached hydrogens (tertiary/aromatic N) is 3. The van der Waals surface area contributed by atoms with Crippen LogP contribution >= 0.6 is 15.9 Å². The van der Waals surface area contributed by atoms with Crippen LogP contribution in [0.2, 0.25) is 0 Å². The molecule has 0 radical (unpaired) electrons. The first-order valence-corrected chi connectivity index (χ1v) is 7.94. The number of aromatic nitrogens is 3. The van der Waals surface area contributed by atoms with Gasteiger partial charge in [0.05, 0.1) is 0 Å². The van der Waals surface area contributed by atoms with E-state index in [4.69, 9.17) is 0 Å². The molecule has 1 aromatic heterocycles. The van der Waals surface area contributed by atoms with Crippen molar-refractivity contribution in [2.24, 2.45) is 0 Å². The number of rotatable bonds is 2. The number of nitrogens with one attached hydrogen (secondary N) is 1. The molecule has 1 aliphatic heterocycles. The van der Waals surface area contributed by atoms with Gasteiger partial charge in [-0.05, 0) is 29.8 Å². The van der Waals surface area contributed by atoms with Crippen molar-refractivity contribution in [2.75, 3.05) is 5.32 Å². The molecule has 0 saturated heterocycles. The van der Waals surface area contributed by atoms with Crippen LogP contribution in [0.25, 0.3) is 5.70 Å². The van der Waals surface area contributed by atoms with E-state index < -0.39 is 0 Å². The van der Waals surface area contributed by atoms with Gasteiger partial charge < -0.3 is 10.4 Å². The highest BCUT2D eigenvalue weighted by Crippen LogP contribution is 2.36. The molecular formula is C17H13BrN4O. The monoisotopic (exact) mass is 368 g/mol. The summed E-state index contributed by atoms with van der Waals surface area (Å²) in [5.74, 6) is 0.876. The quantitative estimate of drug-likeness (QED) is 0.721. The Morgan fingerprint density at radius 2 is 1.96 bits per heavy atom. The van der Waals surface area contributed by atoms with Gasteiger partial charge in [0.1, 0.15) is 18.1 Å². The lowest BCUT2D eigenvalue weighted by atomic mass is 10.0. The number of phenolic OH excluding ortho intramolecular Hbond substituents is 1. The number of aromatic hydroxyl groups is 1. The molecule has 3 aromatic rings. The van der Waals surface area contributed by atoms with Gasteiger partial charge in [0, 0.05) is 15.7 Å². The first-order valence-electron chi connectivity index (χ1n) is 7.14. The lowest BCUT2D eigenvalue weighted by molar-refractivity contribution is 0.457. The van der Waals surface area contributed by atoms with Crippen molar-refractivity contribution in [3.8, 4) is 5.75 Å². The van der Waals surface area contributed by atoms with Crippen LogP contribution in [0.5, 0.6) is 5.75 Å². The van der Waals surface area contributed by atoms with Gasteiger partial charge >= 0.3 is 0 Å². The molecule has 1 aliphatic rings. The number of hydrogen-bond donors (Lipinski definition) is 2. The second kappa shape index (κ2) is 5.55. The molecule has 0 bridgehead atoms. The fourth-order valence-corrected chi connectivity index (χ4v) is 3.08. The summed E-state index contributed by atoms with van der Waals surface area (Å²) in [5, 5.41) is 17.8. The minimum absolute atomic E-state index is 0.227. The number of phenols is 1. The maximum atomic E-state index is 10.3. The SMILES string of the molecule is Oc1ccc(Br)cc1[C@H]1C=C(c2ccccc2)Nc2ncnn21. The van der Waals surface area contributed by atoms with E-state index in [9.17, 15) is 5.11 Å². The Morgan fingerprint density at radius 1 is 1.13 bits per heavy atom. The molecular weight excluding hydrogens is 356 g/mol. The average Bonchev–Trinajstić information content (AvgIpc) is 3.05. The zero-order valence-corrected chi connectivity index (χ0v) is 13.6. The van der Waals surface area contributed by atoms with Crippen LogP contribution in [-0.2, 0) is 0 Å². The van der Waals surface area contributed by atoms with Crippen LogP contribution in [0.3, 0.4) is 0 Å². The standard InChI is InChI=1S/C17H13BrN4O/c18-12-6-7-16(23)13(8-12)15-9-14(11-4-2-1-3-5-11)21-17-19-10-20-22(15)17/h1-10,15,23H,(H,19,20,21)/t15-/m1/s1. The summed E-state index contributed by atoms with van der Waals surface area (Å²) < 4.78 is 2.66. The molecule has 0 amide bonds. The fraction of sp³-hybridized carbons (Fsp3) is 0.0588. The largest absolute Gasteiger partial charge is 0.508 e. The van der Waals surface area contributed by atoms with E-state index in [0.29, 0.717) is 5.95 Å². The van der Waals surface area contributed by atoms with Crippen LogP contribution in [-0.4, -0.2) is 19.9 Å². The molecule has 6 heteroatoms. The summed E-state index contributed by atoms with van der Waals surface area (Å²) in [6.45, 7) is 0. The molecule has 114 valence electrons. The number of hydrogen-bond acceptors (Lipinski definition) is 4. The van der Waals surface area contributed by atoms with Crippen molar-refractivity contribution in [1.29, 1.82) is 0 Å². The minimum Gasteiger partial charge on any atom is -0.508 e. The van der Waals surface area contributed by atoms with Crippen molar-refractivity contribution in [3.05, 3.63) is 76.5 Å². The second-order valence-corrected chi connectivity index (χ2v) is 6.16. The third-order valence-corrected chi connectivity index (χ3v) is 4.29. The maximum Gasteiger partial charge on any atom is 0.226 e. The molecule has 23 heavy (non-hydrogen) atoms. The predicted octanol–water partition coefficient (Wildman–Crippen LogP) is 3.80. The Morgan fingerprint density at radius 3 is 2.78 bits per heavy atom. The van der Waals surface area contributed by atoms with Crippen molar-refractivity contribution < 1.29 is 5.11 Å². The molecule has 2 aromatic carbocycles. The van der Waals surface area contributed by atoms with Gasteiger partial charge in [-0.1, -0.05) is 46.3 Å². The van der Waals surface area contributed by atoms with Crippen molar-refractivity contribution in [1.82, 2.24) is 14.8 Å². The zero-order valence-electron chi connectivity index (χ0n) is 12.0. The van der Waals surface area contributed by atoms with Gasteiger partial charge in [-0.25, -0.2) is 4.68 Å². The summed E-state index contributed by atoms with van der Waals surface area (Å²) >= 11 is 3.46. The first kappa shape index (κ1) is 14.0. The second-order valence-electron chi connectivity index (χ2n) is 5.25. The van der Waals surface area contributed by atoms with Gasteiger partial charge in [-0.15, -0.1) is 0 Å². The zero-order chi connectivity index (χ0) is 15.8. The van der Waals surface area contributed by atoms with Crippen LogP contribution in [0.4, 0.5) is 5.95 Å². The van der Waals surface area contributed by atoms with Gasteiger partial charge in [0.25, 0.3) is 0 Å². The number of fused-ring (bicyclic) bond motifs is 1. The summed E-state index contributed by atoms with van der Waals surface area (Å²) in [5.41, 5.74) is 2.76. The lowest BCUT2D eigenvalue weighted by Gasteiger charge is -2.25. The van der Waals surface area contributed by atoms with Gasteiger partial charge in [-0.2, -0.15) is 10.1 Å². The summed E-state index contributed by atoms with van der Waals surface area (Å²) in [7, 11) is 0. The predicted molar refractivity (Wildman–Crippen MR) is 92.0 cm³/mol. The van der Waals surface area contributed by atoms with Crippen molar-refractivity contribution >= 4 is 27.6 Å². The summed E-state index contributed by atoms with van der Waals surface area (Å²) in [6.07, 6.45) is 3.55. The Balaban J connectivity index is 1.87. The third kappa shape index (κ3) is 2.51. The van der Waals surface area contributed by atoms with E-state index in [1.165, 1.54) is 6.33 Å². The van der Waals surface area contributed by atoms with Gasteiger partial charge in [0.15, 0.2) is 0 Å². The number of allylic oxidation sites excluding steroid dienone is 1. The Kier molecular flexibility index (Phi) is 3.38. The fourth-order valence-electron chi connectivity index (χ4n) is 2.70. The Bertz CT molecular complexity index is 889. The first-order chi connectivity index (χ1) is 11.2. The van der Waals surface area contributed by atoms with Crippen molar-refractivity contribution in [3.63, 3.8) is 0 Å². The van der Waals surface area contributed by atoms with E-state index in [0.717, 1.165) is 21.3 Å². The number of anilines is 1. The molecule has 2 N–H and O–H groups in total. The number of benzene rings is 2. The lowest BCUT2D eigenvalue weighted by Crippen LogP contribution is -2.20. The van der Waals surface area contributed by atoms with Crippen LogP contribution < -0.4 is 5.32 Å². The van der Waals surface area contributed by atoms with E-state index in [1.807, 2.05) is 48.5 Å². The molecule has 0 saturated carbocycles. The average molecular weight is 369 g/mol. The summed E-state index contributed by atoms with van der Waals surface area (Å²) in [4.78, 5) is 4.27. The van der Waals surface area contributed by atoms with Crippen LogP contribution in [0.15, 0.2) is 65.4 Å². The third-order valence-electron chi connectivity index (χ3n) is 3.80. The molecule has 5 nitrogen and oxygen atoms in total. The molecule has 0 spiro atoms. The Hall–Kier alpha value is -2.60. The molecule has 0 unspecified atom stereocenters. The van der Waals surface area contributed by atoms with Crippen molar-refractivity contribution in [2.45, 2.75) is 6.04 Å². The smallest absolute Gasteiger partial charge is 0.226 e. The molecule has 0 aliphatic carbocycles. The molecule has 0 fully saturated rings. The highest BCUT2D eigenvalue weighted by Gasteiger charge is 2.25. The van der Waals surface area contributed by atoms with Crippen LogP contribution in [0, 0.1) is 0 Å². The molecule has 4 rings (SSSR count). The van der Waals surface area contributed by atoms with Gasteiger partial charge in [-0.3, -0.25) is 0 Å². The van der Waals surface area contributed by atoms with Gasteiger partial charge in [0.2, 0.25) is 5.95 Å². The highest BCUT2D eigenvalue weighted by atomic mass is 79.9. The topological polar surface area (TPSA) is 63.0 Å². The maximum absolute atomic E-state index is 10.3. The van der Waals surface area contributed by atoms with E-state index in [1.54, 1.807) is 10.7 Å². The molecule has 1 atom stereocenters. The molecule has 2 heterocycles. The number of halogens is 1. The normalized spacial score (nSPS) is 16.4. The highest BCUT2D eigenvalue weighted by molar-refractivity contribution is 9.10. The Labute approximate surface area is 141 Å². The minimum atomic E-state index is -0.235. The van der Waals surface area contributed by atoms with Crippen LogP contribution in [0.1, 0.15) is 17.2 Å². The van der Waals surface area contributed by atoms with E-state index >= 15 is 0 Å². The van der Waals surface area contributed by atoms with E-state index in [-0.39, 0.29) is 11.8 Å². The van der Waals surface area contributed by atoms with E-state index in [2.05, 4.69) is 31.3 Å². The summed E-state index contributed by atoms with van der Waals surface area (Å²) in [6, 6.07) is 15.2.